The molecule has 0 aliphatic carbocycles. The van der Waals surface area contributed by atoms with Crippen molar-refractivity contribution in [1.29, 1.82) is 0 Å². The van der Waals surface area contributed by atoms with Crippen LogP contribution in [0.15, 0.2) is 59.2 Å². The van der Waals surface area contributed by atoms with Crippen LogP contribution in [-0.4, -0.2) is 38.2 Å². The van der Waals surface area contributed by atoms with E-state index < -0.39 is 11.6 Å². The number of benzene rings is 2. The molecule has 7 nitrogen and oxygen atoms in total. The van der Waals surface area contributed by atoms with Crippen LogP contribution in [0.3, 0.4) is 0 Å². The number of carbonyl (C=O) groups is 1. The lowest BCUT2D eigenvalue weighted by molar-refractivity contribution is -0.166. The molecule has 2 heterocycles. The van der Waals surface area contributed by atoms with Gasteiger partial charge >= 0.3 is 5.97 Å². The fraction of sp³-hybridized carbons (Fsp3) is 0.320. The molecule has 0 N–H and O–H groups in total. The summed E-state index contributed by atoms with van der Waals surface area (Å²) in [6, 6.07) is 16.2. The van der Waals surface area contributed by atoms with Crippen LogP contribution in [0.25, 0.3) is 27.8 Å². The van der Waals surface area contributed by atoms with E-state index in [1.807, 2.05) is 45.9 Å². The molecule has 0 saturated carbocycles. The third-order valence-electron chi connectivity index (χ3n) is 5.47. The first-order valence-electron chi connectivity index (χ1n) is 10.9. The van der Waals surface area contributed by atoms with Crippen LogP contribution in [0.4, 0.5) is 0 Å². The topological polar surface area (TPSA) is 71.2 Å². The average molecular weight is 511 g/mol. The third kappa shape index (κ3) is 4.72. The Morgan fingerprint density at radius 2 is 1.94 bits per heavy atom. The summed E-state index contributed by atoms with van der Waals surface area (Å²) in [6.07, 6.45) is 2.90. The van der Waals surface area contributed by atoms with Crippen molar-refractivity contribution in [3.05, 3.63) is 64.9 Å². The normalized spacial score (nSPS) is 11.8. The molecule has 4 rings (SSSR count). The maximum absolute atomic E-state index is 12.0. The molecule has 0 aliphatic rings. The second-order valence-corrected chi connectivity index (χ2v) is 9.17. The molecule has 0 aliphatic heterocycles. The SMILES string of the molecule is CCCn1ncc2ccc(-c3cc(COC(C)(C)C(=O)OC)nn3-c3ccccc3Br)cc21. The lowest BCUT2D eigenvalue weighted by atomic mass is 10.1. The molecule has 8 heteroatoms. The fourth-order valence-electron chi connectivity index (χ4n) is 3.69. The molecule has 2 aromatic heterocycles. The van der Waals surface area contributed by atoms with Gasteiger partial charge in [0, 0.05) is 22.0 Å². The second kappa shape index (κ2) is 9.49. The summed E-state index contributed by atoms with van der Waals surface area (Å²) >= 11 is 3.65. The Morgan fingerprint density at radius 1 is 1.15 bits per heavy atom. The minimum Gasteiger partial charge on any atom is -0.467 e. The summed E-state index contributed by atoms with van der Waals surface area (Å²) in [5.74, 6) is -0.428. The Balaban J connectivity index is 1.78. The summed E-state index contributed by atoms with van der Waals surface area (Å²) in [5.41, 5.74) is 3.56. The summed E-state index contributed by atoms with van der Waals surface area (Å²) in [7, 11) is 1.35. The van der Waals surface area contributed by atoms with Crippen LogP contribution >= 0.6 is 15.9 Å². The highest BCUT2D eigenvalue weighted by Gasteiger charge is 2.30. The lowest BCUT2D eigenvalue weighted by Gasteiger charge is -2.21. The molecule has 0 spiro atoms. The highest BCUT2D eigenvalue weighted by atomic mass is 79.9. The van der Waals surface area contributed by atoms with Gasteiger partial charge in [-0.05, 0) is 60.5 Å². The van der Waals surface area contributed by atoms with Gasteiger partial charge in [-0.2, -0.15) is 10.2 Å². The Labute approximate surface area is 201 Å². The summed E-state index contributed by atoms with van der Waals surface area (Å²) in [6.45, 7) is 6.54. The first kappa shape index (κ1) is 23.2. The van der Waals surface area contributed by atoms with Gasteiger partial charge in [0.1, 0.15) is 0 Å². The Hall–Kier alpha value is -2.97. The molecule has 0 unspecified atom stereocenters. The summed E-state index contributed by atoms with van der Waals surface area (Å²) in [4.78, 5) is 12.0. The molecule has 0 amide bonds. The third-order valence-corrected chi connectivity index (χ3v) is 6.14. The van der Waals surface area contributed by atoms with E-state index in [4.69, 9.17) is 14.6 Å². The van der Waals surface area contributed by atoms with Gasteiger partial charge in [-0.25, -0.2) is 9.48 Å². The number of aryl methyl sites for hydroxylation is 1. The maximum Gasteiger partial charge on any atom is 0.337 e. The van der Waals surface area contributed by atoms with Crippen molar-refractivity contribution in [3.8, 4) is 16.9 Å². The van der Waals surface area contributed by atoms with Crippen molar-refractivity contribution >= 4 is 32.8 Å². The predicted molar refractivity (Wildman–Crippen MR) is 131 cm³/mol. The first-order valence-corrected chi connectivity index (χ1v) is 11.7. The van der Waals surface area contributed by atoms with Gasteiger partial charge in [0.05, 0.1) is 42.5 Å². The van der Waals surface area contributed by atoms with E-state index in [-0.39, 0.29) is 6.61 Å². The molecule has 0 fully saturated rings. The van der Waals surface area contributed by atoms with Crippen molar-refractivity contribution in [2.75, 3.05) is 7.11 Å². The minimum absolute atomic E-state index is 0.169. The van der Waals surface area contributed by atoms with Crippen LogP contribution in [0.2, 0.25) is 0 Å². The smallest absolute Gasteiger partial charge is 0.337 e. The summed E-state index contributed by atoms with van der Waals surface area (Å²) < 4.78 is 15.6. The molecule has 2 aromatic carbocycles. The number of ether oxygens (including phenoxy) is 2. The molecule has 0 saturated heterocycles. The number of aromatic nitrogens is 4. The van der Waals surface area contributed by atoms with Gasteiger partial charge in [0.25, 0.3) is 0 Å². The summed E-state index contributed by atoms with van der Waals surface area (Å²) in [5, 5.41) is 10.4. The van der Waals surface area contributed by atoms with Gasteiger partial charge < -0.3 is 9.47 Å². The molecular formula is C25H27BrN4O3. The van der Waals surface area contributed by atoms with Crippen LogP contribution in [0, 0.1) is 0 Å². The lowest BCUT2D eigenvalue weighted by Crippen LogP contribution is -2.35. The zero-order chi connectivity index (χ0) is 23.6. The maximum atomic E-state index is 12.0. The van der Waals surface area contributed by atoms with Crippen LogP contribution < -0.4 is 0 Å². The van der Waals surface area contributed by atoms with Gasteiger partial charge in [-0.1, -0.05) is 31.2 Å². The molecule has 33 heavy (non-hydrogen) atoms. The molecule has 172 valence electrons. The number of rotatable bonds is 8. The number of nitrogens with zero attached hydrogens (tertiary/aromatic N) is 4. The van der Waals surface area contributed by atoms with Crippen molar-refractivity contribution in [3.63, 3.8) is 0 Å². The highest BCUT2D eigenvalue weighted by molar-refractivity contribution is 9.10. The molecule has 4 aromatic rings. The van der Waals surface area contributed by atoms with E-state index >= 15 is 0 Å². The van der Waals surface area contributed by atoms with E-state index in [2.05, 4.69) is 46.2 Å². The van der Waals surface area contributed by atoms with Crippen LogP contribution in [0.5, 0.6) is 0 Å². The van der Waals surface area contributed by atoms with Gasteiger partial charge in [-0.15, -0.1) is 0 Å². The molecular weight excluding hydrogens is 484 g/mol. The first-order chi connectivity index (χ1) is 15.8. The number of carbonyl (C=O) groups excluding carboxylic acids is 1. The van der Waals surface area contributed by atoms with Gasteiger partial charge in [0.2, 0.25) is 0 Å². The number of fused-ring (bicyclic) bond motifs is 1. The van der Waals surface area contributed by atoms with Crippen molar-refractivity contribution in [2.24, 2.45) is 0 Å². The van der Waals surface area contributed by atoms with Crippen molar-refractivity contribution < 1.29 is 14.3 Å². The fourth-order valence-corrected chi connectivity index (χ4v) is 4.15. The zero-order valence-electron chi connectivity index (χ0n) is 19.2. The second-order valence-electron chi connectivity index (χ2n) is 8.32. The van der Waals surface area contributed by atoms with E-state index in [1.54, 1.807) is 13.8 Å². The number of hydrogen-bond acceptors (Lipinski definition) is 5. The monoisotopic (exact) mass is 510 g/mol. The van der Waals surface area contributed by atoms with Crippen molar-refractivity contribution in [1.82, 2.24) is 19.6 Å². The van der Waals surface area contributed by atoms with E-state index in [1.165, 1.54) is 7.11 Å². The Kier molecular flexibility index (Phi) is 6.67. The Morgan fingerprint density at radius 3 is 2.67 bits per heavy atom. The molecule has 0 atom stereocenters. The highest BCUT2D eigenvalue weighted by Crippen LogP contribution is 2.31. The number of methoxy groups -OCH3 is 1. The molecule has 0 bridgehead atoms. The molecule has 0 radical (unpaired) electrons. The number of hydrogen-bond donors (Lipinski definition) is 0. The number of halogens is 1. The van der Waals surface area contributed by atoms with Crippen LogP contribution in [-0.2, 0) is 27.4 Å². The Bertz CT molecular complexity index is 1290. The zero-order valence-corrected chi connectivity index (χ0v) is 20.8. The quantitative estimate of drug-likeness (QED) is 0.291. The van der Waals surface area contributed by atoms with Crippen LogP contribution in [0.1, 0.15) is 32.9 Å². The predicted octanol–water partition coefficient (Wildman–Crippen LogP) is 5.53. The number of esters is 1. The standard InChI is InChI=1S/C25H27BrN4O3/c1-5-12-29-22-13-17(10-11-18(22)15-27-29)23-14-19(16-33-25(2,3)24(31)32-4)28-30(23)21-9-7-6-8-20(21)26/h6-11,13-15H,5,12,16H2,1-4H3. The van der Waals surface area contributed by atoms with Crippen molar-refractivity contribution in [2.45, 2.75) is 45.9 Å². The average Bonchev–Trinajstić information content (AvgIpc) is 3.42. The van der Waals surface area contributed by atoms with Gasteiger partial charge in [-0.3, -0.25) is 4.68 Å². The van der Waals surface area contributed by atoms with Gasteiger partial charge in [0.15, 0.2) is 5.60 Å². The van der Waals surface area contributed by atoms with E-state index in [0.29, 0.717) is 5.69 Å². The minimum atomic E-state index is -1.07. The van der Waals surface area contributed by atoms with E-state index in [9.17, 15) is 4.79 Å². The van der Waals surface area contributed by atoms with E-state index in [0.717, 1.165) is 45.3 Å². The largest absolute Gasteiger partial charge is 0.467 e. The number of para-hydroxylation sites is 1.